The van der Waals surface area contributed by atoms with Gasteiger partial charge in [-0.1, -0.05) is 12.8 Å². The Morgan fingerprint density at radius 1 is 1.20 bits per heavy atom. The third-order valence-electron chi connectivity index (χ3n) is 5.44. The summed E-state index contributed by atoms with van der Waals surface area (Å²) in [5, 5.41) is 3.02. The summed E-state index contributed by atoms with van der Waals surface area (Å²) in [6.07, 6.45) is 7.62. The van der Waals surface area contributed by atoms with Crippen LogP contribution in [0.15, 0.2) is 0 Å². The first kappa shape index (κ1) is 13.9. The minimum atomic E-state index is -0.652. The van der Waals surface area contributed by atoms with Crippen molar-refractivity contribution in [1.29, 1.82) is 0 Å². The van der Waals surface area contributed by atoms with Gasteiger partial charge in [-0.15, -0.1) is 0 Å². The second-order valence-corrected chi connectivity index (χ2v) is 7.19. The number of nitrogens with one attached hydrogen (secondary N) is 1. The molecule has 0 aromatic carbocycles. The summed E-state index contributed by atoms with van der Waals surface area (Å²) < 4.78 is 0. The van der Waals surface area contributed by atoms with Crippen LogP contribution in [-0.2, 0) is 9.59 Å². The van der Waals surface area contributed by atoms with Crippen LogP contribution < -0.4 is 5.32 Å². The molecule has 3 fully saturated rings. The van der Waals surface area contributed by atoms with Gasteiger partial charge < -0.3 is 10.2 Å². The third-order valence-corrected chi connectivity index (χ3v) is 5.44. The molecule has 4 heteroatoms. The molecule has 0 aromatic heterocycles. The van der Waals surface area contributed by atoms with Crippen LogP contribution in [0.3, 0.4) is 0 Å². The first-order chi connectivity index (χ1) is 9.50. The fourth-order valence-electron chi connectivity index (χ4n) is 3.94. The van der Waals surface area contributed by atoms with Gasteiger partial charge in [0, 0.05) is 19.0 Å². The molecule has 0 aromatic rings. The molecule has 1 heterocycles. The first-order valence-corrected chi connectivity index (χ1v) is 8.13. The number of amides is 2. The van der Waals surface area contributed by atoms with Gasteiger partial charge in [-0.05, 0) is 51.4 Å². The van der Waals surface area contributed by atoms with Crippen molar-refractivity contribution in [2.45, 2.75) is 70.4 Å². The maximum Gasteiger partial charge on any atom is 0.248 e. The van der Waals surface area contributed by atoms with E-state index in [2.05, 4.69) is 5.32 Å². The van der Waals surface area contributed by atoms with Gasteiger partial charge in [-0.3, -0.25) is 9.59 Å². The van der Waals surface area contributed by atoms with E-state index in [0.29, 0.717) is 18.3 Å². The third kappa shape index (κ3) is 2.45. The van der Waals surface area contributed by atoms with E-state index in [-0.39, 0.29) is 17.9 Å². The Bertz CT molecular complexity index is 413. The average molecular weight is 278 g/mol. The van der Waals surface area contributed by atoms with E-state index in [1.807, 2.05) is 18.7 Å². The zero-order valence-corrected chi connectivity index (χ0v) is 12.7. The predicted molar refractivity (Wildman–Crippen MR) is 77.0 cm³/mol. The number of carbonyl (C=O) groups is 2. The van der Waals surface area contributed by atoms with Crippen LogP contribution in [0, 0.1) is 11.8 Å². The molecule has 0 radical (unpaired) electrons. The van der Waals surface area contributed by atoms with Crippen LogP contribution in [0.4, 0.5) is 0 Å². The molecule has 2 unspecified atom stereocenters. The molecule has 20 heavy (non-hydrogen) atoms. The highest BCUT2D eigenvalue weighted by Gasteiger charge is 2.52. The Hall–Kier alpha value is -1.06. The van der Waals surface area contributed by atoms with Crippen LogP contribution in [0.5, 0.6) is 0 Å². The lowest BCUT2D eigenvalue weighted by Crippen LogP contribution is -2.57. The minimum Gasteiger partial charge on any atom is -0.342 e. The molecule has 1 saturated heterocycles. The largest absolute Gasteiger partial charge is 0.342 e. The average Bonchev–Trinajstić information content (AvgIpc) is 3.13. The van der Waals surface area contributed by atoms with Crippen LogP contribution in [0.1, 0.15) is 58.8 Å². The van der Waals surface area contributed by atoms with Gasteiger partial charge in [-0.2, -0.15) is 0 Å². The predicted octanol–water partition coefficient (Wildman–Crippen LogP) is 2.08. The maximum atomic E-state index is 13.0. The molecule has 2 aliphatic carbocycles. The SMILES string of the molecule is CC1CC(=O)NC(C)(C2CC2)C(=O)N1CC1CCCC1. The van der Waals surface area contributed by atoms with Crippen molar-refractivity contribution in [3.05, 3.63) is 0 Å². The second-order valence-electron chi connectivity index (χ2n) is 7.19. The topological polar surface area (TPSA) is 49.4 Å². The lowest BCUT2D eigenvalue weighted by Gasteiger charge is -2.36. The molecular weight excluding hydrogens is 252 g/mol. The number of rotatable bonds is 3. The van der Waals surface area contributed by atoms with E-state index >= 15 is 0 Å². The van der Waals surface area contributed by atoms with Crippen molar-refractivity contribution in [3.8, 4) is 0 Å². The molecule has 3 aliphatic rings. The molecule has 1 N–H and O–H groups in total. The van der Waals surface area contributed by atoms with Crippen molar-refractivity contribution >= 4 is 11.8 Å². The fourth-order valence-corrected chi connectivity index (χ4v) is 3.94. The fraction of sp³-hybridized carbons (Fsp3) is 0.875. The molecular formula is C16H26N2O2. The van der Waals surface area contributed by atoms with Gasteiger partial charge >= 0.3 is 0 Å². The van der Waals surface area contributed by atoms with Gasteiger partial charge in [0.05, 0.1) is 0 Å². The highest BCUT2D eigenvalue weighted by molar-refractivity contribution is 5.94. The molecule has 1 aliphatic heterocycles. The monoisotopic (exact) mass is 278 g/mol. The van der Waals surface area contributed by atoms with E-state index < -0.39 is 5.54 Å². The zero-order chi connectivity index (χ0) is 14.3. The van der Waals surface area contributed by atoms with Crippen molar-refractivity contribution in [3.63, 3.8) is 0 Å². The van der Waals surface area contributed by atoms with Crippen LogP contribution >= 0.6 is 0 Å². The van der Waals surface area contributed by atoms with Crippen LogP contribution in [0.25, 0.3) is 0 Å². The summed E-state index contributed by atoms with van der Waals surface area (Å²) >= 11 is 0. The summed E-state index contributed by atoms with van der Waals surface area (Å²) in [4.78, 5) is 27.1. The van der Waals surface area contributed by atoms with Gasteiger partial charge in [0.15, 0.2) is 0 Å². The molecule has 2 amide bonds. The Balaban J connectivity index is 1.81. The number of hydrogen-bond acceptors (Lipinski definition) is 2. The molecule has 0 bridgehead atoms. The molecule has 2 saturated carbocycles. The van der Waals surface area contributed by atoms with Gasteiger partial charge in [0.2, 0.25) is 11.8 Å². The Labute approximate surface area is 121 Å². The summed E-state index contributed by atoms with van der Waals surface area (Å²) in [7, 11) is 0. The minimum absolute atomic E-state index is 0.0312. The summed E-state index contributed by atoms with van der Waals surface area (Å²) in [5.41, 5.74) is -0.652. The van der Waals surface area contributed by atoms with E-state index in [1.165, 1.54) is 25.7 Å². The maximum absolute atomic E-state index is 13.0. The normalized spacial score (nSPS) is 36.1. The van der Waals surface area contributed by atoms with Crippen LogP contribution in [-0.4, -0.2) is 34.8 Å². The van der Waals surface area contributed by atoms with E-state index in [0.717, 1.165) is 19.4 Å². The Morgan fingerprint density at radius 3 is 2.45 bits per heavy atom. The molecule has 2 atom stereocenters. The van der Waals surface area contributed by atoms with Gasteiger partial charge in [0.1, 0.15) is 5.54 Å². The highest BCUT2D eigenvalue weighted by Crippen LogP contribution is 2.42. The lowest BCUT2D eigenvalue weighted by atomic mass is 9.93. The van der Waals surface area contributed by atoms with Gasteiger partial charge in [-0.25, -0.2) is 0 Å². The second kappa shape index (κ2) is 5.05. The molecule has 4 nitrogen and oxygen atoms in total. The first-order valence-electron chi connectivity index (χ1n) is 8.13. The molecule has 112 valence electrons. The number of hydrogen-bond donors (Lipinski definition) is 1. The van der Waals surface area contributed by atoms with Crippen molar-refractivity contribution in [1.82, 2.24) is 10.2 Å². The smallest absolute Gasteiger partial charge is 0.248 e. The van der Waals surface area contributed by atoms with Crippen molar-refractivity contribution in [2.24, 2.45) is 11.8 Å². The van der Waals surface area contributed by atoms with E-state index in [9.17, 15) is 9.59 Å². The summed E-state index contributed by atoms with van der Waals surface area (Å²) in [6.45, 7) is 4.80. The summed E-state index contributed by atoms with van der Waals surface area (Å²) in [6, 6.07) is 0.0312. The Kier molecular flexibility index (Phi) is 3.51. The van der Waals surface area contributed by atoms with E-state index in [4.69, 9.17) is 0 Å². The Morgan fingerprint density at radius 2 is 1.85 bits per heavy atom. The standard InChI is InChI=1S/C16H26N2O2/c1-11-9-14(19)17-16(2,13-7-8-13)15(20)18(11)10-12-5-3-4-6-12/h11-13H,3-10H2,1-2H3,(H,17,19). The van der Waals surface area contributed by atoms with E-state index in [1.54, 1.807) is 0 Å². The zero-order valence-electron chi connectivity index (χ0n) is 12.7. The summed E-state index contributed by atoms with van der Waals surface area (Å²) in [5.74, 6) is 1.17. The molecule has 0 spiro atoms. The number of carbonyl (C=O) groups excluding carboxylic acids is 2. The van der Waals surface area contributed by atoms with Gasteiger partial charge in [0.25, 0.3) is 0 Å². The number of nitrogens with zero attached hydrogens (tertiary/aromatic N) is 1. The van der Waals surface area contributed by atoms with Crippen LogP contribution in [0.2, 0.25) is 0 Å². The van der Waals surface area contributed by atoms with Crippen molar-refractivity contribution in [2.75, 3.05) is 6.54 Å². The highest BCUT2D eigenvalue weighted by atomic mass is 16.2. The van der Waals surface area contributed by atoms with Crippen molar-refractivity contribution < 1.29 is 9.59 Å². The lowest BCUT2D eigenvalue weighted by molar-refractivity contribution is -0.141. The molecule has 3 rings (SSSR count). The quantitative estimate of drug-likeness (QED) is 0.859.